The van der Waals surface area contributed by atoms with Gasteiger partial charge in [0.2, 0.25) is 0 Å². The minimum Gasteiger partial charge on any atom is -0.476 e. The van der Waals surface area contributed by atoms with Gasteiger partial charge >= 0.3 is 5.97 Å². The normalized spacial score (nSPS) is 13.5. The Morgan fingerprint density at radius 1 is 1.35 bits per heavy atom. The van der Waals surface area contributed by atoms with Crippen molar-refractivity contribution >= 4 is 5.97 Å². The van der Waals surface area contributed by atoms with Crippen LogP contribution in [0.1, 0.15) is 44.9 Å². The number of fused-ring (bicyclic) bond motifs is 1. The van der Waals surface area contributed by atoms with Gasteiger partial charge in [0.15, 0.2) is 5.69 Å². The SMILES string of the molecule is Cc1ccc(Cn2nc(C(=O)O)c3c2CCC3)c(C)c1. The summed E-state index contributed by atoms with van der Waals surface area (Å²) in [6, 6.07) is 6.34. The zero-order valence-electron chi connectivity index (χ0n) is 11.8. The lowest BCUT2D eigenvalue weighted by Crippen LogP contribution is -2.08. The van der Waals surface area contributed by atoms with E-state index in [1.165, 1.54) is 16.7 Å². The molecule has 0 fully saturated rings. The van der Waals surface area contributed by atoms with E-state index in [1.807, 2.05) is 4.68 Å². The Morgan fingerprint density at radius 3 is 2.85 bits per heavy atom. The number of rotatable bonds is 3. The van der Waals surface area contributed by atoms with Gasteiger partial charge in [0.05, 0.1) is 6.54 Å². The first-order valence-electron chi connectivity index (χ1n) is 6.94. The molecule has 0 atom stereocenters. The number of benzene rings is 1. The molecule has 1 aromatic heterocycles. The molecule has 20 heavy (non-hydrogen) atoms. The average Bonchev–Trinajstić information content (AvgIpc) is 2.95. The summed E-state index contributed by atoms with van der Waals surface area (Å²) in [5.74, 6) is -0.914. The molecule has 104 valence electrons. The Morgan fingerprint density at radius 2 is 2.15 bits per heavy atom. The first-order chi connectivity index (χ1) is 9.56. The van der Waals surface area contributed by atoms with E-state index in [-0.39, 0.29) is 5.69 Å². The molecule has 1 aliphatic rings. The molecule has 1 heterocycles. The zero-order chi connectivity index (χ0) is 14.3. The number of hydrogen-bond donors (Lipinski definition) is 1. The molecule has 0 spiro atoms. The number of nitrogens with zero attached hydrogens (tertiary/aromatic N) is 2. The van der Waals surface area contributed by atoms with Crippen molar-refractivity contribution < 1.29 is 9.90 Å². The van der Waals surface area contributed by atoms with Gasteiger partial charge in [-0.05, 0) is 44.2 Å². The molecule has 0 radical (unpaired) electrons. The van der Waals surface area contributed by atoms with Gasteiger partial charge in [-0.15, -0.1) is 0 Å². The van der Waals surface area contributed by atoms with Gasteiger partial charge in [0.1, 0.15) is 0 Å². The second-order valence-electron chi connectivity index (χ2n) is 5.52. The molecule has 0 saturated carbocycles. The lowest BCUT2D eigenvalue weighted by atomic mass is 10.1. The molecular formula is C16H18N2O2. The molecule has 1 aromatic carbocycles. The Bertz CT molecular complexity index is 686. The van der Waals surface area contributed by atoms with Crippen LogP contribution in [0.15, 0.2) is 18.2 Å². The van der Waals surface area contributed by atoms with Crippen molar-refractivity contribution in [3.05, 3.63) is 51.8 Å². The van der Waals surface area contributed by atoms with E-state index in [0.717, 1.165) is 30.5 Å². The molecule has 4 heteroatoms. The molecule has 0 saturated heterocycles. The molecule has 0 unspecified atom stereocenters. The molecule has 0 amide bonds. The van der Waals surface area contributed by atoms with Gasteiger partial charge < -0.3 is 5.11 Å². The summed E-state index contributed by atoms with van der Waals surface area (Å²) in [6.07, 6.45) is 2.80. The number of carboxylic acid groups (broad SMARTS) is 1. The highest BCUT2D eigenvalue weighted by molar-refractivity contribution is 5.87. The van der Waals surface area contributed by atoms with Crippen LogP contribution in [0, 0.1) is 13.8 Å². The summed E-state index contributed by atoms with van der Waals surface area (Å²) in [5.41, 5.74) is 5.93. The lowest BCUT2D eigenvalue weighted by molar-refractivity contribution is 0.0688. The molecular weight excluding hydrogens is 252 g/mol. The Hall–Kier alpha value is -2.10. The van der Waals surface area contributed by atoms with E-state index in [4.69, 9.17) is 0 Å². The van der Waals surface area contributed by atoms with Crippen LogP contribution in [0.3, 0.4) is 0 Å². The quantitative estimate of drug-likeness (QED) is 0.933. The monoisotopic (exact) mass is 270 g/mol. The van der Waals surface area contributed by atoms with Crippen molar-refractivity contribution in [3.63, 3.8) is 0 Å². The van der Waals surface area contributed by atoms with Crippen LogP contribution in [-0.4, -0.2) is 20.9 Å². The number of carbonyl (C=O) groups is 1. The minimum absolute atomic E-state index is 0.238. The van der Waals surface area contributed by atoms with Gasteiger partial charge in [-0.1, -0.05) is 23.8 Å². The van der Waals surface area contributed by atoms with E-state index >= 15 is 0 Å². The van der Waals surface area contributed by atoms with Crippen molar-refractivity contribution in [1.29, 1.82) is 0 Å². The van der Waals surface area contributed by atoms with Gasteiger partial charge in [0, 0.05) is 11.3 Å². The minimum atomic E-state index is -0.914. The predicted molar refractivity (Wildman–Crippen MR) is 76.2 cm³/mol. The fraction of sp³-hybridized carbons (Fsp3) is 0.375. The Kier molecular flexibility index (Phi) is 3.08. The third-order valence-electron chi connectivity index (χ3n) is 4.03. The second kappa shape index (κ2) is 4.78. The summed E-state index contributed by atoms with van der Waals surface area (Å²) in [5, 5.41) is 13.6. The van der Waals surface area contributed by atoms with E-state index < -0.39 is 5.97 Å². The van der Waals surface area contributed by atoms with Crippen LogP contribution in [-0.2, 0) is 19.4 Å². The molecule has 0 bridgehead atoms. The highest BCUT2D eigenvalue weighted by Gasteiger charge is 2.26. The number of aromatic nitrogens is 2. The van der Waals surface area contributed by atoms with E-state index in [2.05, 4.69) is 37.1 Å². The smallest absolute Gasteiger partial charge is 0.356 e. The summed E-state index contributed by atoms with van der Waals surface area (Å²) >= 11 is 0. The zero-order valence-corrected chi connectivity index (χ0v) is 11.8. The fourth-order valence-corrected chi connectivity index (χ4v) is 3.00. The highest BCUT2D eigenvalue weighted by Crippen LogP contribution is 2.26. The molecule has 3 rings (SSSR count). The van der Waals surface area contributed by atoms with Gasteiger partial charge in [-0.2, -0.15) is 5.10 Å². The molecule has 0 aliphatic heterocycles. The molecule has 2 aromatic rings. The van der Waals surface area contributed by atoms with E-state index in [0.29, 0.717) is 6.54 Å². The van der Waals surface area contributed by atoms with Gasteiger partial charge in [-0.3, -0.25) is 4.68 Å². The van der Waals surface area contributed by atoms with Crippen LogP contribution in [0.4, 0.5) is 0 Å². The summed E-state index contributed by atoms with van der Waals surface area (Å²) in [6.45, 7) is 4.82. The first-order valence-corrected chi connectivity index (χ1v) is 6.94. The Labute approximate surface area is 118 Å². The van der Waals surface area contributed by atoms with Crippen molar-refractivity contribution in [3.8, 4) is 0 Å². The third-order valence-corrected chi connectivity index (χ3v) is 4.03. The van der Waals surface area contributed by atoms with Crippen LogP contribution in [0.5, 0.6) is 0 Å². The van der Waals surface area contributed by atoms with Crippen molar-refractivity contribution in [2.24, 2.45) is 0 Å². The van der Waals surface area contributed by atoms with Crippen LogP contribution >= 0.6 is 0 Å². The lowest BCUT2D eigenvalue weighted by Gasteiger charge is -2.09. The standard InChI is InChI=1S/C16H18N2O2/c1-10-6-7-12(11(2)8-10)9-18-14-5-3-4-13(14)15(17-18)16(19)20/h6-8H,3-5,9H2,1-2H3,(H,19,20). The fourth-order valence-electron chi connectivity index (χ4n) is 3.00. The van der Waals surface area contributed by atoms with Crippen molar-refractivity contribution in [2.45, 2.75) is 39.7 Å². The maximum absolute atomic E-state index is 11.3. The molecule has 4 nitrogen and oxygen atoms in total. The van der Waals surface area contributed by atoms with Crippen molar-refractivity contribution in [1.82, 2.24) is 9.78 Å². The first kappa shape index (κ1) is 12.9. The maximum atomic E-state index is 11.3. The van der Waals surface area contributed by atoms with Crippen LogP contribution in [0.2, 0.25) is 0 Å². The molecule has 1 N–H and O–H groups in total. The highest BCUT2D eigenvalue weighted by atomic mass is 16.4. The third kappa shape index (κ3) is 2.11. The summed E-state index contributed by atoms with van der Waals surface area (Å²) in [7, 11) is 0. The maximum Gasteiger partial charge on any atom is 0.356 e. The summed E-state index contributed by atoms with van der Waals surface area (Å²) < 4.78 is 1.88. The van der Waals surface area contributed by atoms with Crippen LogP contribution in [0.25, 0.3) is 0 Å². The Balaban J connectivity index is 1.99. The average molecular weight is 270 g/mol. The number of hydrogen-bond acceptors (Lipinski definition) is 2. The topological polar surface area (TPSA) is 55.1 Å². The van der Waals surface area contributed by atoms with Crippen LogP contribution < -0.4 is 0 Å². The van der Waals surface area contributed by atoms with Gasteiger partial charge in [-0.25, -0.2) is 4.79 Å². The number of carboxylic acids is 1. The largest absolute Gasteiger partial charge is 0.476 e. The predicted octanol–water partition coefficient (Wildman–Crippen LogP) is 2.74. The number of aromatic carboxylic acids is 1. The second-order valence-corrected chi connectivity index (χ2v) is 5.52. The number of aryl methyl sites for hydroxylation is 2. The van der Waals surface area contributed by atoms with Crippen molar-refractivity contribution in [2.75, 3.05) is 0 Å². The van der Waals surface area contributed by atoms with E-state index in [1.54, 1.807) is 0 Å². The van der Waals surface area contributed by atoms with Gasteiger partial charge in [0.25, 0.3) is 0 Å². The van der Waals surface area contributed by atoms with E-state index in [9.17, 15) is 9.90 Å². The molecule has 1 aliphatic carbocycles. The summed E-state index contributed by atoms with van der Waals surface area (Å²) in [4.78, 5) is 11.3.